The highest BCUT2D eigenvalue weighted by molar-refractivity contribution is 14.0. The van der Waals surface area contributed by atoms with Crippen molar-refractivity contribution in [1.29, 1.82) is 0 Å². The second-order valence-corrected chi connectivity index (χ2v) is 7.44. The van der Waals surface area contributed by atoms with Crippen molar-refractivity contribution in [3.8, 4) is 0 Å². The molecule has 0 spiro atoms. The molecule has 0 aliphatic heterocycles. The minimum atomic E-state index is 0. The summed E-state index contributed by atoms with van der Waals surface area (Å²) in [5, 5.41) is 6.74. The number of benzene rings is 1. The molecule has 25 heavy (non-hydrogen) atoms. The number of guanidine groups is 1. The predicted octanol–water partition coefficient (Wildman–Crippen LogP) is 3.99. The van der Waals surface area contributed by atoms with Gasteiger partial charge in [-0.15, -0.1) is 35.3 Å². The molecule has 0 amide bonds. The van der Waals surface area contributed by atoms with Crippen LogP contribution in [0.2, 0.25) is 0 Å². The molecule has 2 N–H and O–H groups in total. The van der Waals surface area contributed by atoms with Gasteiger partial charge in [-0.3, -0.25) is 0 Å². The molecule has 1 aromatic heterocycles. The van der Waals surface area contributed by atoms with Crippen molar-refractivity contribution in [3.05, 3.63) is 57.3 Å². The monoisotopic (exact) mass is 472 g/mol. The highest BCUT2D eigenvalue weighted by Gasteiger charge is 2.04. The normalized spacial score (nSPS) is 11.3. The van der Waals surface area contributed by atoms with Gasteiger partial charge in [-0.25, -0.2) is 4.99 Å². The van der Waals surface area contributed by atoms with E-state index in [1.54, 1.807) is 0 Å². The van der Waals surface area contributed by atoms with Crippen molar-refractivity contribution in [1.82, 2.24) is 15.5 Å². The van der Waals surface area contributed by atoms with Crippen LogP contribution < -0.4 is 10.6 Å². The molecular weight excluding hydrogens is 443 g/mol. The Morgan fingerprint density at radius 1 is 1.08 bits per heavy atom. The Morgan fingerprint density at radius 2 is 1.80 bits per heavy atom. The lowest BCUT2D eigenvalue weighted by atomic mass is 10.1. The number of aliphatic imine (C=N–C) groups is 1. The van der Waals surface area contributed by atoms with Gasteiger partial charge in [0.15, 0.2) is 5.96 Å². The van der Waals surface area contributed by atoms with E-state index in [0.29, 0.717) is 6.54 Å². The minimum absolute atomic E-state index is 0. The molecule has 0 aliphatic carbocycles. The molecule has 0 radical (unpaired) electrons. The van der Waals surface area contributed by atoms with Gasteiger partial charge >= 0.3 is 0 Å². The second-order valence-electron chi connectivity index (χ2n) is 6.07. The Labute approximate surface area is 172 Å². The Hall–Kier alpha value is -1.12. The number of nitrogens with one attached hydrogen (secondary N) is 2. The van der Waals surface area contributed by atoms with E-state index in [0.717, 1.165) is 25.6 Å². The summed E-state index contributed by atoms with van der Waals surface area (Å²) in [7, 11) is 4.18. The fourth-order valence-electron chi connectivity index (χ4n) is 2.46. The van der Waals surface area contributed by atoms with Crippen molar-refractivity contribution < 1.29 is 0 Å². The zero-order chi connectivity index (χ0) is 17.4. The summed E-state index contributed by atoms with van der Waals surface area (Å²) >= 11 is 1.82. The summed E-state index contributed by atoms with van der Waals surface area (Å²) in [5.41, 5.74) is 2.60. The average Bonchev–Trinajstić information content (AvgIpc) is 2.96. The summed E-state index contributed by atoms with van der Waals surface area (Å²) < 4.78 is 0. The van der Waals surface area contributed by atoms with Crippen molar-refractivity contribution in [2.24, 2.45) is 4.99 Å². The molecule has 2 aromatic rings. The van der Waals surface area contributed by atoms with Gasteiger partial charge in [-0.05, 0) is 51.2 Å². The molecule has 0 saturated heterocycles. The van der Waals surface area contributed by atoms with Crippen LogP contribution >= 0.6 is 35.3 Å². The first-order valence-corrected chi connectivity index (χ1v) is 9.19. The molecular formula is C19H29IN4S. The van der Waals surface area contributed by atoms with Crippen LogP contribution in [0.1, 0.15) is 27.8 Å². The molecule has 0 bridgehead atoms. The Bertz CT molecular complexity index is 667. The van der Waals surface area contributed by atoms with E-state index in [1.807, 2.05) is 11.3 Å². The van der Waals surface area contributed by atoms with Crippen molar-refractivity contribution in [2.45, 2.75) is 33.5 Å². The summed E-state index contributed by atoms with van der Waals surface area (Å²) in [4.78, 5) is 9.60. The van der Waals surface area contributed by atoms with Gasteiger partial charge in [0.1, 0.15) is 0 Å². The van der Waals surface area contributed by atoms with E-state index < -0.39 is 0 Å². The van der Waals surface area contributed by atoms with Gasteiger partial charge in [0, 0.05) is 22.8 Å². The third kappa shape index (κ3) is 7.75. The van der Waals surface area contributed by atoms with Crippen LogP contribution in [-0.4, -0.2) is 31.5 Å². The molecule has 0 saturated carbocycles. The third-order valence-electron chi connectivity index (χ3n) is 3.58. The fraction of sp³-hybridized carbons (Fsp3) is 0.421. The van der Waals surface area contributed by atoms with Crippen LogP contribution in [0.25, 0.3) is 0 Å². The first kappa shape index (κ1) is 21.9. The van der Waals surface area contributed by atoms with Gasteiger partial charge in [-0.1, -0.05) is 24.3 Å². The number of nitrogens with zero attached hydrogens (tertiary/aromatic N) is 2. The van der Waals surface area contributed by atoms with Crippen LogP contribution in [-0.2, 0) is 19.6 Å². The van der Waals surface area contributed by atoms with E-state index in [-0.39, 0.29) is 24.0 Å². The molecule has 0 aliphatic rings. The first-order valence-electron chi connectivity index (χ1n) is 8.37. The lowest BCUT2D eigenvalue weighted by Gasteiger charge is -2.14. The Kier molecular flexibility index (Phi) is 10.1. The quantitative estimate of drug-likeness (QED) is 0.364. The van der Waals surface area contributed by atoms with Crippen molar-refractivity contribution >= 4 is 41.3 Å². The molecule has 0 atom stereocenters. The van der Waals surface area contributed by atoms with E-state index >= 15 is 0 Å². The summed E-state index contributed by atoms with van der Waals surface area (Å²) in [6, 6.07) is 12.8. The van der Waals surface area contributed by atoms with Gasteiger partial charge in [-0.2, -0.15) is 0 Å². The average molecular weight is 472 g/mol. The SMILES string of the molecule is CCNC(=NCc1ccccc1CN(C)C)NCc1ccc(C)s1.I. The molecule has 4 nitrogen and oxygen atoms in total. The zero-order valence-electron chi connectivity index (χ0n) is 15.5. The first-order chi connectivity index (χ1) is 11.6. The fourth-order valence-corrected chi connectivity index (χ4v) is 3.29. The Morgan fingerprint density at radius 3 is 2.40 bits per heavy atom. The van der Waals surface area contributed by atoms with Gasteiger partial charge in [0.05, 0.1) is 13.1 Å². The molecule has 0 fully saturated rings. The van der Waals surface area contributed by atoms with Crippen LogP contribution in [0, 0.1) is 6.92 Å². The highest BCUT2D eigenvalue weighted by Crippen LogP contribution is 2.14. The highest BCUT2D eigenvalue weighted by atomic mass is 127. The molecule has 2 rings (SSSR count). The maximum absolute atomic E-state index is 4.75. The van der Waals surface area contributed by atoms with Crippen LogP contribution in [0.4, 0.5) is 0 Å². The van der Waals surface area contributed by atoms with E-state index in [9.17, 15) is 0 Å². The second kappa shape index (κ2) is 11.5. The zero-order valence-corrected chi connectivity index (χ0v) is 18.7. The molecule has 1 aromatic carbocycles. The smallest absolute Gasteiger partial charge is 0.191 e. The van der Waals surface area contributed by atoms with Gasteiger partial charge in [0.2, 0.25) is 0 Å². The molecule has 1 heterocycles. The number of aryl methyl sites for hydroxylation is 1. The standard InChI is InChI=1S/C19H28N4S.HI/c1-5-20-19(22-13-18-11-10-15(2)24-18)21-12-16-8-6-7-9-17(16)14-23(3)4;/h6-11H,5,12-14H2,1-4H3,(H2,20,21,22);1H. The number of hydrogen-bond donors (Lipinski definition) is 2. The van der Waals surface area contributed by atoms with Crippen LogP contribution in [0.3, 0.4) is 0 Å². The van der Waals surface area contributed by atoms with Crippen LogP contribution in [0.15, 0.2) is 41.4 Å². The summed E-state index contributed by atoms with van der Waals surface area (Å²) in [5.74, 6) is 0.864. The maximum atomic E-state index is 4.75. The lowest BCUT2D eigenvalue weighted by molar-refractivity contribution is 0.401. The summed E-state index contributed by atoms with van der Waals surface area (Å²) in [6.07, 6.45) is 0. The Balaban J connectivity index is 0.00000312. The third-order valence-corrected chi connectivity index (χ3v) is 4.58. The minimum Gasteiger partial charge on any atom is -0.357 e. The largest absolute Gasteiger partial charge is 0.357 e. The van der Waals surface area contributed by atoms with Crippen molar-refractivity contribution in [2.75, 3.05) is 20.6 Å². The molecule has 0 unspecified atom stereocenters. The number of hydrogen-bond acceptors (Lipinski definition) is 3. The molecule has 6 heteroatoms. The van der Waals surface area contributed by atoms with Gasteiger partial charge < -0.3 is 15.5 Å². The molecule has 138 valence electrons. The number of halogens is 1. The van der Waals surface area contributed by atoms with Crippen molar-refractivity contribution in [3.63, 3.8) is 0 Å². The maximum Gasteiger partial charge on any atom is 0.191 e. The topological polar surface area (TPSA) is 39.7 Å². The lowest BCUT2D eigenvalue weighted by Crippen LogP contribution is -2.36. The van der Waals surface area contributed by atoms with E-state index in [1.165, 1.54) is 20.9 Å². The summed E-state index contributed by atoms with van der Waals surface area (Å²) in [6.45, 7) is 7.51. The van der Waals surface area contributed by atoms with E-state index in [4.69, 9.17) is 4.99 Å². The van der Waals surface area contributed by atoms with Crippen LogP contribution in [0.5, 0.6) is 0 Å². The van der Waals surface area contributed by atoms with E-state index in [2.05, 4.69) is 79.9 Å². The van der Waals surface area contributed by atoms with Gasteiger partial charge in [0.25, 0.3) is 0 Å². The number of rotatable bonds is 7. The predicted molar refractivity (Wildman–Crippen MR) is 120 cm³/mol. The number of thiophene rings is 1.